The maximum atomic E-state index is 12.2. The number of thiazole rings is 1. The van der Waals surface area contributed by atoms with Crippen molar-refractivity contribution in [3.8, 4) is 0 Å². The fraction of sp³-hybridized carbons (Fsp3) is 0.238. The van der Waals surface area contributed by atoms with Crippen LogP contribution in [0.15, 0.2) is 54.0 Å². The first-order valence-electron chi connectivity index (χ1n) is 9.25. The van der Waals surface area contributed by atoms with E-state index in [4.69, 9.17) is 4.98 Å². The van der Waals surface area contributed by atoms with Crippen molar-refractivity contribution in [3.05, 3.63) is 71.1 Å². The van der Waals surface area contributed by atoms with Gasteiger partial charge in [-0.25, -0.2) is 15.0 Å². The van der Waals surface area contributed by atoms with Gasteiger partial charge in [0.2, 0.25) is 5.91 Å². The fourth-order valence-electron chi connectivity index (χ4n) is 3.13. The molecule has 1 N–H and O–H groups in total. The number of nitrogens with one attached hydrogen (secondary N) is 1. The SMILES string of the molecule is Cc1csc(NC(=O)CCCc2nc3cccnc3n2Cc2ccccc2)n1. The minimum atomic E-state index is -0.0156. The number of benzene rings is 1. The summed E-state index contributed by atoms with van der Waals surface area (Å²) in [5, 5.41) is 5.44. The van der Waals surface area contributed by atoms with E-state index in [0.717, 1.165) is 22.7 Å². The molecule has 4 rings (SSSR count). The van der Waals surface area contributed by atoms with E-state index >= 15 is 0 Å². The number of nitrogens with zero attached hydrogens (tertiary/aromatic N) is 4. The third-order valence-electron chi connectivity index (χ3n) is 4.44. The van der Waals surface area contributed by atoms with Gasteiger partial charge in [0.05, 0.1) is 12.2 Å². The molecule has 1 aromatic carbocycles. The van der Waals surface area contributed by atoms with Crippen molar-refractivity contribution < 1.29 is 4.79 Å². The molecule has 0 aliphatic heterocycles. The number of imidazole rings is 1. The Hall–Kier alpha value is -3.06. The lowest BCUT2D eigenvalue weighted by Crippen LogP contribution is -2.12. The van der Waals surface area contributed by atoms with Crippen molar-refractivity contribution in [2.45, 2.75) is 32.7 Å². The number of aromatic nitrogens is 4. The Kier molecular flexibility index (Phi) is 5.43. The van der Waals surface area contributed by atoms with Crippen molar-refractivity contribution in [3.63, 3.8) is 0 Å². The molecule has 0 aliphatic rings. The van der Waals surface area contributed by atoms with E-state index in [1.165, 1.54) is 16.9 Å². The molecule has 142 valence electrons. The van der Waals surface area contributed by atoms with E-state index in [-0.39, 0.29) is 5.91 Å². The summed E-state index contributed by atoms with van der Waals surface area (Å²) in [5.41, 5.74) is 3.88. The van der Waals surface area contributed by atoms with E-state index < -0.39 is 0 Å². The Labute approximate surface area is 167 Å². The summed E-state index contributed by atoms with van der Waals surface area (Å²) in [4.78, 5) is 25.7. The number of carbonyl (C=O) groups excluding carboxylic acids is 1. The van der Waals surface area contributed by atoms with E-state index in [9.17, 15) is 4.79 Å². The predicted molar refractivity (Wildman–Crippen MR) is 111 cm³/mol. The Bertz CT molecular complexity index is 1090. The number of fused-ring (bicyclic) bond motifs is 1. The standard InChI is InChI=1S/C21H21N5OS/c1-15-14-28-21(23-15)25-19(27)11-5-10-18-24-17-9-6-12-22-20(17)26(18)13-16-7-3-2-4-8-16/h2-4,6-9,12,14H,5,10-11,13H2,1H3,(H,23,25,27). The van der Waals surface area contributed by atoms with Crippen LogP contribution >= 0.6 is 11.3 Å². The molecule has 0 spiro atoms. The molecule has 0 saturated carbocycles. The number of aryl methyl sites for hydroxylation is 2. The van der Waals surface area contributed by atoms with Gasteiger partial charge in [-0.05, 0) is 31.0 Å². The molecule has 6 nitrogen and oxygen atoms in total. The van der Waals surface area contributed by atoms with E-state index in [2.05, 4.69) is 32.0 Å². The number of anilines is 1. The highest BCUT2D eigenvalue weighted by molar-refractivity contribution is 7.13. The van der Waals surface area contributed by atoms with Gasteiger partial charge in [0.25, 0.3) is 0 Å². The molecule has 0 bridgehead atoms. The number of hydrogen-bond acceptors (Lipinski definition) is 5. The Morgan fingerprint density at radius 1 is 1.14 bits per heavy atom. The normalized spacial score (nSPS) is 11.0. The van der Waals surface area contributed by atoms with Crippen molar-refractivity contribution >= 4 is 33.5 Å². The fourth-order valence-corrected chi connectivity index (χ4v) is 3.83. The minimum Gasteiger partial charge on any atom is -0.308 e. The molecule has 0 fully saturated rings. The zero-order chi connectivity index (χ0) is 19.3. The molecule has 0 radical (unpaired) electrons. The average molecular weight is 392 g/mol. The largest absolute Gasteiger partial charge is 0.308 e. The molecule has 3 heterocycles. The lowest BCUT2D eigenvalue weighted by molar-refractivity contribution is -0.116. The van der Waals surface area contributed by atoms with Crippen LogP contribution < -0.4 is 5.32 Å². The summed E-state index contributed by atoms with van der Waals surface area (Å²) in [5.74, 6) is 0.939. The van der Waals surface area contributed by atoms with Gasteiger partial charge in [-0.3, -0.25) is 4.79 Å². The number of carbonyl (C=O) groups is 1. The van der Waals surface area contributed by atoms with Gasteiger partial charge in [-0.1, -0.05) is 30.3 Å². The second kappa shape index (κ2) is 8.31. The van der Waals surface area contributed by atoms with Gasteiger partial charge in [-0.15, -0.1) is 11.3 Å². The van der Waals surface area contributed by atoms with Gasteiger partial charge in [0.1, 0.15) is 11.3 Å². The quantitative estimate of drug-likeness (QED) is 0.512. The number of amides is 1. The predicted octanol–water partition coefficient (Wildman–Crippen LogP) is 4.21. The van der Waals surface area contributed by atoms with Crippen molar-refractivity contribution in [2.75, 3.05) is 5.32 Å². The summed E-state index contributed by atoms with van der Waals surface area (Å²) < 4.78 is 2.15. The summed E-state index contributed by atoms with van der Waals surface area (Å²) in [6.07, 6.45) is 3.65. The van der Waals surface area contributed by atoms with Gasteiger partial charge in [0.15, 0.2) is 10.8 Å². The molecule has 0 unspecified atom stereocenters. The van der Waals surface area contributed by atoms with Gasteiger partial charge < -0.3 is 9.88 Å². The second-order valence-corrected chi connectivity index (χ2v) is 7.50. The molecular weight excluding hydrogens is 370 g/mol. The topological polar surface area (TPSA) is 72.7 Å². The summed E-state index contributed by atoms with van der Waals surface area (Å²) in [6.45, 7) is 2.63. The van der Waals surface area contributed by atoms with Crippen LogP contribution in [0.2, 0.25) is 0 Å². The molecule has 7 heteroatoms. The number of rotatable bonds is 7. The molecule has 0 atom stereocenters. The monoisotopic (exact) mass is 391 g/mol. The highest BCUT2D eigenvalue weighted by Crippen LogP contribution is 2.18. The second-order valence-electron chi connectivity index (χ2n) is 6.64. The third-order valence-corrected chi connectivity index (χ3v) is 5.31. The highest BCUT2D eigenvalue weighted by Gasteiger charge is 2.13. The Morgan fingerprint density at radius 2 is 2.00 bits per heavy atom. The van der Waals surface area contributed by atoms with Crippen molar-refractivity contribution in [1.82, 2.24) is 19.5 Å². The molecule has 3 aromatic heterocycles. The van der Waals surface area contributed by atoms with Crippen molar-refractivity contribution in [1.29, 1.82) is 0 Å². The average Bonchev–Trinajstić information content (AvgIpc) is 3.26. The highest BCUT2D eigenvalue weighted by atomic mass is 32.1. The van der Waals surface area contributed by atoms with Crippen LogP contribution in [-0.4, -0.2) is 25.4 Å². The zero-order valence-corrected chi connectivity index (χ0v) is 16.4. The van der Waals surface area contributed by atoms with Crippen LogP contribution in [0.4, 0.5) is 5.13 Å². The molecular formula is C21H21N5OS. The van der Waals surface area contributed by atoms with Crippen molar-refractivity contribution in [2.24, 2.45) is 0 Å². The first kappa shape index (κ1) is 18.3. The Morgan fingerprint density at radius 3 is 2.79 bits per heavy atom. The lowest BCUT2D eigenvalue weighted by Gasteiger charge is -2.09. The minimum absolute atomic E-state index is 0.0156. The van der Waals surface area contributed by atoms with E-state index in [0.29, 0.717) is 30.9 Å². The van der Waals surface area contributed by atoms with E-state index in [1.54, 1.807) is 6.20 Å². The van der Waals surface area contributed by atoms with Crippen LogP contribution in [0, 0.1) is 6.92 Å². The first-order chi connectivity index (χ1) is 13.7. The summed E-state index contributed by atoms with van der Waals surface area (Å²) in [7, 11) is 0. The molecule has 0 aliphatic carbocycles. The van der Waals surface area contributed by atoms with Gasteiger partial charge in [0, 0.05) is 24.4 Å². The van der Waals surface area contributed by atoms with Gasteiger partial charge in [-0.2, -0.15) is 0 Å². The number of hydrogen-bond donors (Lipinski definition) is 1. The molecule has 28 heavy (non-hydrogen) atoms. The summed E-state index contributed by atoms with van der Waals surface area (Å²) >= 11 is 1.45. The first-order valence-corrected chi connectivity index (χ1v) is 10.1. The smallest absolute Gasteiger partial charge is 0.226 e. The lowest BCUT2D eigenvalue weighted by atomic mass is 10.2. The van der Waals surface area contributed by atoms with Crippen LogP contribution in [0.25, 0.3) is 11.2 Å². The maximum absolute atomic E-state index is 12.2. The van der Waals surface area contributed by atoms with Crippen LogP contribution in [-0.2, 0) is 17.8 Å². The summed E-state index contributed by atoms with van der Waals surface area (Å²) in [6, 6.07) is 14.2. The molecule has 0 saturated heterocycles. The van der Waals surface area contributed by atoms with Crippen LogP contribution in [0.5, 0.6) is 0 Å². The molecule has 1 amide bonds. The zero-order valence-electron chi connectivity index (χ0n) is 15.6. The van der Waals surface area contributed by atoms with Crippen LogP contribution in [0.3, 0.4) is 0 Å². The Balaban J connectivity index is 1.45. The number of pyridine rings is 1. The van der Waals surface area contributed by atoms with Gasteiger partial charge >= 0.3 is 0 Å². The maximum Gasteiger partial charge on any atom is 0.226 e. The molecule has 4 aromatic rings. The third kappa shape index (κ3) is 4.26. The van der Waals surface area contributed by atoms with E-state index in [1.807, 2.05) is 42.6 Å². The van der Waals surface area contributed by atoms with Crippen LogP contribution in [0.1, 0.15) is 29.9 Å².